The zero-order valence-electron chi connectivity index (χ0n) is 18.2. The first-order valence-electron chi connectivity index (χ1n) is 10.7. The van der Waals surface area contributed by atoms with Crippen LogP contribution in [0.4, 0.5) is 0 Å². The lowest BCUT2D eigenvalue weighted by Gasteiger charge is -2.34. The summed E-state index contributed by atoms with van der Waals surface area (Å²) in [6.07, 6.45) is 1.94. The number of rotatable bonds is 7. The van der Waals surface area contributed by atoms with Gasteiger partial charge in [-0.25, -0.2) is 0 Å². The van der Waals surface area contributed by atoms with Crippen molar-refractivity contribution in [3.8, 4) is 0 Å². The quantitative estimate of drug-likeness (QED) is 0.486. The largest absolute Gasteiger partial charge is 0.356 e. The van der Waals surface area contributed by atoms with Crippen LogP contribution >= 0.6 is 0 Å². The third kappa shape index (κ3) is 5.83. The Hall–Kier alpha value is -2.86. The molecule has 0 aliphatic carbocycles. The van der Waals surface area contributed by atoms with E-state index in [1.807, 2.05) is 24.3 Å². The number of fused-ring (bicyclic) bond motifs is 1. The van der Waals surface area contributed by atoms with E-state index in [0.717, 1.165) is 50.5 Å². The van der Waals surface area contributed by atoms with E-state index < -0.39 is 0 Å². The van der Waals surface area contributed by atoms with Crippen molar-refractivity contribution in [1.29, 1.82) is 0 Å². The van der Waals surface area contributed by atoms with Crippen LogP contribution in [-0.2, 0) is 19.4 Å². The van der Waals surface area contributed by atoms with Crippen LogP contribution in [0.5, 0.6) is 0 Å². The molecule has 0 aromatic heterocycles. The standard InChI is InChI=1S/C24H33N5O/c1-18(29-14-12-20-8-4-5-9-22(20)17-29)16-28-24(26-3)27-13-11-19-7-6-10-21(15-19)23(30)25-2/h4-10,15,18H,11-14,16-17H2,1-3H3,(H,25,30)(H2,26,27,28). The molecule has 0 fully saturated rings. The number of guanidine groups is 1. The Morgan fingerprint density at radius 3 is 2.70 bits per heavy atom. The number of aliphatic imine (C=N–C) groups is 1. The first-order chi connectivity index (χ1) is 14.6. The Labute approximate surface area is 179 Å². The second kappa shape index (κ2) is 10.8. The van der Waals surface area contributed by atoms with Crippen molar-refractivity contribution in [2.24, 2.45) is 4.99 Å². The summed E-state index contributed by atoms with van der Waals surface area (Å²) in [6.45, 7) is 5.95. The highest BCUT2D eigenvalue weighted by Gasteiger charge is 2.20. The topological polar surface area (TPSA) is 68.8 Å². The van der Waals surface area contributed by atoms with E-state index in [-0.39, 0.29) is 5.91 Å². The molecule has 1 unspecified atom stereocenters. The third-order valence-corrected chi connectivity index (χ3v) is 5.69. The predicted molar refractivity (Wildman–Crippen MR) is 123 cm³/mol. The summed E-state index contributed by atoms with van der Waals surface area (Å²) in [6, 6.07) is 16.9. The molecule has 30 heavy (non-hydrogen) atoms. The highest BCUT2D eigenvalue weighted by molar-refractivity contribution is 5.94. The van der Waals surface area contributed by atoms with Gasteiger partial charge in [0.2, 0.25) is 0 Å². The van der Waals surface area contributed by atoms with Gasteiger partial charge in [-0.3, -0.25) is 14.7 Å². The minimum absolute atomic E-state index is 0.0587. The molecule has 1 aliphatic heterocycles. The maximum atomic E-state index is 11.8. The van der Waals surface area contributed by atoms with Crippen LogP contribution in [0, 0.1) is 0 Å². The average molecular weight is 408 g/mol. The number of hydrogen-bond acceptors (Lipinski definition) is 3. The summed E-state index contributed by atoms with van der Waals surface area (Å²) in [5, 5.41) is 9.49. The molecule has 2 aromatic carbocycles. The van der Waals surface area contributed by atoms with Crippen LogP contribution in [0.2, 0.25) is 0 Å². The van der Waals surface area contributed by atoms with Crippen molar-refractivity contribution < 1.29 is 4.79 Å². The summed E-state index contributed by atoms with van der Waals surface area (Å²) in [7, 11) is 3.44. The molecule has 6 nitrogen and oxygen atoms in total. The van der Waals surface area contributed by atoms with E-state index in [2.05, 4.69) is 57.0 Å². The SMILES string of the molecule is CN=C(NCCc1cccc(C(=O)NC)c1)NCC(C)N1CCc2ccccc2C1. The molecular weight excluding hydrogens is 374 g/mol. The van der Waals surface area contributed by atoms with Crippen molar-refractivity contribution in [3.05, 3.63) is 70.8 Å². The molecule has 0 bridgehead atoms. The Kier molecular flexibility index (Phi) is 7.85. The fourth-order valence-electron chi connectivity index (χ4n) is 3.83. The number of benzene rings is 2. The summed E-state index contributed by atoms with van der Waals surface area (Å²) in [4.78, 5) is 18.6. The second-order valence-corrected chi connectivity index (χ2v) is 7.75. The van der Waals surface area contributed by atoms with Crippen molar-refractivity contribution in [2.45, 2.75) is 32.4 Å². The summed E-state index contributed by atoms with van der Waals surface area (Å²) >= 11 is 0. The molecule has 1 heterocycles. The lowest BCUT2D eigenvalue weighted by Crippen LogP contribution is -2.47. The van der Waals surface area contributed by atoms with E-state index in [9.17, 15) is 4.79 Å². The Balaban J connectivity index is 1.43. The zero-order chi connectivity index (χ0) is 21.3. The number of amides is 1. The van der Waals surface area contributed by atoms with Crippen molar-refractivity contribution in [2.75, 3.05) is 33.7 Å². The summed E-state index contributed by atoms with van der Waals surface area (Å²) in [5.74, 6) is 0.748. The van der Waals surface area contributed by atoms with Crippen molar-refractivity contribution >= 4 is 11.9 Å². The predicted octanol–water partition coefficient (Wildman–Crippen LogP) is 2.20. The monoisotopic (exact) mass is 407 g/mol. The van der Waals surface area contributed by atoms with Crippen LogP contribution in [0.1, 0.15) is 34.0 Å². The number of nitrogens with zero attached hydrogens (tertiary/aromatic N) is 2. The Morgan fingerprint density at radius 1 is 1.13 bits per heavy atom. The second-order valence-electron chi connectivity index (χ2n) is 7.75. The van der Waals surface area contributed by atoms with Crippen LogP contribution in [0.3, 0.4) is 0 Å². The van der Waals surface area contributed by atoms with Crippen molar-refractivity contribution in [1.82, 2.24) is 20.9 Å². The summed E-state index contributed by atoms with van der Waals surface area (Å²) < 4.78 is 0. The molecule has 160 valence electrons. The van der Waals surface area contributed by atoms with Gasteiger partial charge in [-0.15, -0.1) is 0 Å². The molecule has 6 heteroatoms. The lowest BCUT2D eigenvalue weighted by atomic mass is 9.99. The van der Waals surface area contributed by atoms with E-state index >= 15 is 0 Å². The molecule has 3 rings (SSSR count). The molecule has 0 spiro atoms. The fourth-order valence-corrected chi connectivity index (χ4v) is 3.83. The van der Waals surface area contributed by atoms with Gasteiger partial charge < -0.3 is 16.0 Å². The maximum Gasteiger partial charge on any atom is 0.251 e. The number of carbonyl (C=O) groups is 1. The molecule has 3 N–H and O–H groups in total. The van der Waals surface area contributed by atoms with Gasteiger partial charge >= 0.3 is 0 Å². The minimum atomic E-state index is -0.0587. The van der Waals surface area contributed by atoms with E-state index in [0.29, 0.717) is 11.6 Å². The van der Waals surface area contributed by atoms with Gasteiger partial charge in [-0.2, -0.15) is 0 Å². The lowest BCUT2D eigenvalue weighted by molar-refractivity contribution is 0.0963. The van der Waals surface area contributed by atoms with Gasteiger partial charge in [-0.1, -0.05) is 36.4 Å². The Bertz CT molecular complexity index is 879. The Morgan fingerprint density at radius 2 is 1.93 bits per heavy atom. The maximum absolute atomic E-state index is 11.8. The van der Waals surface area contributed by atoms with E-state index in [1.54, 1.807) is 14.1 Å². The average Bonchev–Trinajstić information content (AvgIpc) is 2.80. The number of carbonyl (C=O) groups excluding carboxylic acids is 1. The molecule has 0 radical (unpaired) electrons. The highest BCUT2D eigenvalue weighted by atomic mass is 16.1. The van der Waals surface area contributed by atoms with Gasteiger partial charge in [0, 0.05) is 51.9 Å². The van der Waals surface area contributed by atoms with Crippen LogP contribution in [0.15, 0.2) is 53.5 Å². The molecular formula is C24H33N5O. The highest BCUT2D eigenvalue weighted by Crippen LogP contribution is 2.19. The molecule has 2 aromatic rings. The smallest absolute Gasteiger partial charge is 0.251 e. The van der Waals surface area contributed by atoms with Crippen LogP contribution in [0.25, 0.3) is 0 Å². The normalized spacial score (nSPS) is 15.2. The molecule has 1 amide bonds. The first kappa shape index (κ1) is 21.8. The van der Waals surface area contributed by atoms with Gasteiger partial charge in [0.25, 0.3) is 5.91 Å². The number of hydrogen-bond donors (Lipinski definition) is 3. The zero-order valence-corrected chi connectivity index (χ0v) is 18.2. The molecule has 0 saturated heterocycles. The van der Waals surface area contributed by atoms with Gasteiger partial charge in [0.15, 0.2) is 5.96 Å². The number of nitrogens with one attached hydrogen (secondary N) is 3. The van der Waals surface area contributed by atoms with Crippen LogP contribution < -0.4 is 16.0 Å². The van der Waals surface area contributed by atoms with E-state index in [4.69, 9.17) is 0 Å². The molecule has 1 atom stereocenters. The van der Waals surface area contributed by atoms with Crippen molar-refractivity contribution in [3.63, 3.8) is 0 Å². The van der Waals surface area contributed by atoms with E-state index in [1.165, 1.54) is 11.1 Å². The van der Waals surface area contributed by atoms with Gasteiger partial charge in [0.05, 0.1) is 0 Å². The first-order valence-corrected chi connectivity index (χ1v) is 10.7. The molecule has 0 saturated carbocycles. The molecule has 1 aliphatic rings. The minimum Gasteiger partial charge on any atom is -0.356 e. The third-order valence-electron chi connectivity index (χ3n) is 5.69. The summed E-state index contributed by atoms with van der Waals surface area (Å²) in [5.41, 5.74) is 4.73. The van der Waals surface area contributed by atoms with Crippen LogP contribution in [-0.4, -0.2) is 56.5 Å². The van der Waals surface area contributed by atoms with Gasteiger partial charge in [-0.05, 0) is 48.6 Å². The van der Waals surface area contributed by atoms with Gasteiger partial charge in [0.1, 0.15) is 0 Å². The fraction of sp³-hybridized carbons (Fsp3) is 0.417.